The summed E-state index contributed by atoms with van der Waals surface area (Å²) in [5.41, 5.74) is 10.2. The fraction of sp³-hybridized carbons (Fsp3) is 0.0667. The van der Waals surface area contributed by atoms with Crippen molar-refractivity contribution in [2.24, 2.45) is 0 Å². The van der Waals surface area contributed by atoms with Crippen molar-refractivity contribution in [1.82, 2.24) is 4.98 Å². The number of thioether (sulfide) groups is 1. The number of nitrogens with two attached hydrogens (primary N) is 1. The molecule has 0 aliphatic carbocycles. The van der Waals surface area contributed by atoms with E-state index in [9.17, 15) is 0 Å². The maximum atomic E-state index is 5.94. The Balaban J connectivity index is 2.15. The zero-order valence-corrected chi connectivity index (χ0v) is 10.9. The number of rotatable bonds is 2. The van der Waals surface area contributed by atoms with Gasteiger partial charge in [-0.2, -0.15) is 0 Å². The third kappa shape index (κ3) is 1.87. The first kappa shape index (κ1) is 11.2. The molecule has 1 heterocycles. The van der Waals surface area contributed by atoms with E-state index in [1.54, 1.807) is 11.8 Å². The normalized spacial score (nSPS) is 10.9. The van der Waals surface area contributed by atoms with Crippen LogP contribution in [0.4, 0.5) is 5.69 Å². The fourth-order valence-corrected chi connectivity index (χ4v) is 2.58. The second-order valence-electron chi connectivity index (χ2n) is 4.24. The van der Waals surface area contributed by atoms with Crippen molar-refractivity contribution in [3.8, 4) is 11.1 Å². The molecule has 0 atom stereocenters. The van der Waals surface area contributed by atoms with Gasteiger partial charge >= 0.3 is 0 Å². The van der Waals surface area contributed by atoms with E-state index in [-0.39, 0.29) is 0 Å². The van der Waals surface area contributed by atoms with E-state index in [0.717, 1.165) is 16.6 Å². The number of aromatic amines is 1. The average Bonchev–Trinajstić information content (AvgIpc) is 2.80. The molecule has 0 bridgehead atoms. The number of fused-ring (bicyclic) bond motifs is 1. The monoisotopic (exact) mass is 254 g/mol. The number of hydrogen-bond acceptors (Lipinski definition) is 2. The first-order valence-corrected chi connectivity index (χ1v) is 7.01. The smallest absolute Gasteiger partial charge is 0.0572 e. The highest BCUT2D eigenvalue weighted by atomic mass is 32.2. The van der Waals surface area contributed by atoms with Gasteiger partial charge in [-0.15, -0.1) is 11.8 Å². The molecular weight excluding hydrogens is 240 g/mol. The zero-order chi connectivity index (χ0) is 12.5. The standard InChI is InChI=1S/C15H14N2S/c1-18-12-4-2-3-10(7-12)11-5-6-15-13(8-11)14(16)9-17-15/h2-9,17H,16H2,1H3. The largest absolute Gasteiger partial charge is 0.397 e. The van der Waals surface area contributed by atoms with E-state index in [1.807, 2.05) is 6.20 Å². The molecule has 0 saturated carbocycles. The van der Waals surface area contributed by atoms with Gasteiger partial charge in [0.05, 0.1) is 5.69 Å². The third-order valence-corrected chi connectivity index (χ3v) is 3.84. The number of anilines is 1. The molecule has 2 aromatic carbocycles. The first-order valence-electron chi connectivity index (χ1n) is 5.79. The lowest BCUT2D eigenvalue weighted by Crippen LogP contribution is -1.82. The van der Waals surface area contributed by atoms with E-state index in [1.165, 1.54) is 16.0 Å². The summed E-state index contributed by atoms with van der Waals surface area (Å²) in [6.07, 6.45) is 3.93. The Morgan fingerprint density at radius 3 is 2.72 bits per heavy atom. The van der Waals surface area contributed by atoms with Crippen molar-refractivity contribution in [1.29, 1.82) is 0 Å². The maximum Gasteiger partial charge on any atom is 0.0572 e. The van der Waals surface area contributed by atoms with Crippen molar-refractivity contribution in [3.63, 3.8) is 0 Å². The van der Waals surface area contributed by atoms with Crippen LogP contribution in [0.1, 0.15) is 0 Å². The summed E-state index contributed by atoms with van der Waals surface area (Å²) in [6.45, 7) is 0. The summed E-state index contributed by atoms with van der Waals surface area (Å²) < 4.78 is 0. The lowest BCUT2D eigenvalue weighted by atomic mass is 10.0. The van der Waals surface area contributed by atoms with Gasteiger partial charge in [0.25, 0.3) is 0 Å². The Hall–Kier alpha value is -1.87. The van der Waals surface area contributed by atoms with Crippen molar-refractivity contribution in [3.05, 3.63) is 48.7 Å². The minimum atomic E-state index is 0.799. The van der Waals surface area contributed by atoms with Crippen LogP contribution in [-0.2, 0) is 0 Å². The molecule has 3 heteroatoms. The topological polar surface area (TPSA) is 41.8 Å². The minimum absolute atomic E-state index is 0.799. The summed E-state index contributed by atoms with van der Waals surface area (Å²) >= 11 is 1.76. The molecule has 0 spiro atoms. The van der Waals surface area contributed by atoms with Gasteiger partial charge in [0.1, 0.15) is 0 Å². The van der Waals surface area contributed by atoms with Crippen molar-refractivity contribution < 1.29 is 0 Å². The van der Waals surface area contributed by atoms with Crippen molar-refractivity contribution in [2.75, 3.05) is 12.0 Å². The number of nitrogens with one attached hydrogen (secondary N) is 1. The lowest BCUT2D eigenvalue weighted by molar-refractivity contribution is 1.46. The predicted octanol–water partition coefficient (Wildman–Crippen LogP) is 4.14. The van der Waals surface area contributed by atoms with E-state index in [4.69, 9.17) is 5.73 Å². The number of H-pyrrole nitrogens is 1. The highest BCUT2D eigenvalue weighted by Crippen LogP contribution is 2.29. The van der Waals surface area contributed by atoms with E-state index in [2.05, 4.69) is 53.7 Å². The summed E-state index contributed by atoms with van der Waals surface area (Å²) in [4.78, 5) is 4.43. The molecule has 0 unspecified atom stereocenters. The SMILES string of the molecule is CSc1cccc(-c2ccc3[nH]cc(N)c3c2)c1. The van der Waals surface area contributed by atoms with Crippen LogP contribution in [0.5, 0.6) is 0 Å². The minimum Gasteiger partial charge on any atom is -0.397 e. The molecule has 0 aliphatic heterocycles. The number of aromatic nitrogens is 1. The van der Waals surface area contributed by atoms with Gasteiger partial charge < -0.3 is 10.7 Å². The van der Waals surface area contributed by atoms with E-state index in [0.29, 0.717) is 0 Å². The van der Waals surface area contributed by atoms with E-state index < -0.39 is 0 Å². The zero-order valence-electron chi connectivity index (χ0n) is 10.1. The highest BCUT2D eigenvalue weighted by Gasteiger charge is 2.04. The molecule has 3 N–H and O–H groups in total. The Bertz CT molecular complexity index is 701. The lowest BCUT2D eigenvalue weighted by Gasteiger charge is -2.04. The molecule has 3 aromatic rings. The fourth-order valence-electron chi connectivity index (χ4n) is 2.12. The van der Waals surface area contributed by atoms with Gasteiger partial charge in [-0.25, -0.2) is 0 Å². The summed E-state index contributed by atoms with van der Waals surface area (Å²) in [5, 5.41) is 1.09. The van der Waals surface area contributed by atoms with Crippen LogP contribution < -0.4 is 5.73 Å². The van der Waals surface area contributed by atoms with Gasteiger partial charge in [0.15, 0.2) is 0 Å². The molecule has 2 nitrogen and oxygen atoms in total. The Morgan fingerprint density at radius 1 is 1.06 bits per heavy atom. The van der Waals surface area contributed by atoms with Crippen LogP contribution in [0.25, 0.3) is 22.0 Å². The van der Waals surface area contributed by atoms with Crippen LogP contribution in [0.15, 0.2) is 53.6 Å². The second kappa shape index (κ2) is 4.42. The van der Waals surface area contributed by atoms with Crippen LogP contribution in [0.2, 0.25) is 0 Å². The van der Waals surface area contributed by atoms with Crippen LogP contribution in [-0.4, -0.2) is 11.2 Å². The van der Waals surface area contributed by atoms with Crippen LogP contribution in [0.3, 0.4) is 0 Å². The average molecular weight is 254 g/mol. The Kier molecular flexibility index (Phi) is 2.76. The molecule has 18 heavy (non-hydrogen) atoms. The molecule has 0 radical (unpaired) electrons. The Morgan fingerprint density at radius 2 is 1.89 bits per heavy atom. The van der Waals surface area contributed by atoms with Crippen LogP contribution in [0, 0.1) is 0 Å². The summed E-state index contributed by atoms with van der Waals surface area (Å²) in [5.74, 6) is 0. The molecule has 0 fully saturated rings. The molecule has 3 rings (SSSR count). The molecule has 0 saturated heterocycles. The van der Waals surface area contributed by atoms with E-state index >= 15 is 0 Å². The molecule has 90 valence electrons. The third-order valence-electron chi connectivity index (χ3n) is 3.12. The van der Waals surface area contributed by atoms with Crippen molar-refractivity contribution >= 4 is 28.4 Å². The molecule has 1 aromatic heterocycles. The predicted molar refractivity (Wildman–Crippen MR) is 79.9 cm³/mol. The van der Waals surface area contributed by atoms with Crippen molar-refractivity contribution in [2.45, 2.75) is 4.90 Å². The number of nitrogen functional groups attached to an aromatic ring is 1. The van der Waals surface area contributed by atoms with Gasteiger partial charge in [-0.05, 0) is 41.6 Å². The summed E-state index contributed by atoms with van der Waals surface area (Å²) in [7, 11) is 0. The maximum absolute atomic E-state index is 5.94. The second-order valence-corrected chi connectivity index (χ2v) is 5.12. The van der Waals surface area contributed by atoms with Gasteiger partial charge in [-0.1, -0.05) is 18.2 Å². The van der Waals surface area contributed by atoms with Gasteiger partial charge in [0.2, 0.25) is 0 Å². The highest BCUT2D eigenvalue weighted by molar-refractivity contribution is 7.98. The van der Waals surface area contributed by atoms with Gasteiger partial charge in [-0.3, -0.25) is 0 Å². The quantitative estimate of drug-likeness (QED) is 0.675. The Labute approximate surface area is 110 Å². The summed E-state index contributed by atoms with van der Waals surface area (Å²) in [6, 6.07) is 14.9. The molecular formula is C15H14N2S. The van der Waals surface area contributed by atoms with Crippen LogP contribution >= 0.6 is 11.8 Å². The number of hydrogen-bond donors (Lipinski definition) is 2. The number of benzene rings is 2. The molecule has 0 amide bonds. The van der Waals surface area contributed by atoms with Gasteiger partial charge in [0, 0.05) is 22.0 Å². The first-order chi connectivity index (χ1) is 8.78. The molecule has 0 aliphatic rings.